The van der Waals surface area contributed by atoms with Gasteiger partial charge in [-0.05, 0) is 13.0 Å². The van der Waals surface area contributed by atoms with Gasteiger partial charge in [-0.25, -0.2) is 0 Å². The summed E-state index contributed by atoms with van der Waals surface area (Å²) in [5, 5.41) is 14.7. The first-order chi connectivity index (χ1) is 9.65. The highest BCUT2D eigenvalue weighted by molar-refractivity contribution is 7.21. The molecule has 0 radical (unpaired) electrons. The van der Waals surface area contributed by atoms with Gasteiger partial charge in [0.25, 0.3) is 5.91 Å². The van der Waals surface area contributed by atoms with E-state index in [2.05, 4.69) is 25.7 Å². The van der Waals surface area contributed by atoms with Crippen molar-refractivity contribution in [2.45, 2.75) is 13.5 Å². The summed E-state index contributed by atoms with van der Waals surface area (Å²) >= 11 is 1.20. The molecule has 8 nitrogen and oxygen atoms in total. The Hall–Kier alpha value is -2.55. The van der Waals surface area contributed by atoms with Crippen LogP contribution in [-0.2, 0) is 6.54 Å². The number of hydrogen-bond donors (Lipinski definition) is 2. The third kappa shape index (κ3) is 2.18. The van der Waals surface area contributed by atoms with E-state index in [0.717, 1.165) is 5.39 Å². The Morgan fingerprint density at radius 1 is 1.55 bits per heavy atom. The Kier molecular flexibility index (Phi) is 3.03. The summed E-state index contributed by atoms with van der Waals surface area (Å²) in [6, 6.07) is 1.73. The van der Waals surface area contributed by atoms with Gasteiger partial charge in [-0.15, -0.1) is 16.4 Å². The quantitative estimate of drug-likeness (QED) is 0.735. The lowest BCUT2D eigenvalue weighted by atomic mass is 10.3. The predicted octanol–water partition coefficient (Wildman–Crippen LogP) is 0.895. The molecule has 3 aromatic rings. The van der Waals surface area contributed by atoms with Crippen LogP contribution < -0.4 is 11.1 Å². The van der Waals surface area contributed by atoms with Gasteiger partial charge in [0, 0.05) is 5.39 Å². The van der Waals surface area contributed by atoms with E-state index in [-0.39, 0.29) is 12.5 Å². The number of rotatable bonds is 3. The number of nitrogens with two attached hydrogens (primary N) is 1. The first-order valence-electron chi connectivity index (χ1n) is 5.72. The van der Waals surface area contributed by atoms with Gasteiger partial charge in [0.1, 0.15) is 9.71 Å². The highest BCUT2D eigenvalue weighted by Gasteiger charge is 2.17. The first kappa shape index (κ1) is 12.5. The average molecular weight is 290 g/mol. The SMILES string of the molecule is Cc1noc(CNC(=O)c2sc3nnccc3c2N)n1. The molecule has 0 saturated heterocycles. The molecule has 0 aliphatic carbocycles. The number of aromatic nitrogens is 4. The van der Waals surface area contributed by atoms with E-state index in [1.165, 1.54) is 17.5 Å². The maximum atomic E-state index is 12.1. The average Bonchev–Trinajstić information content (AvgIpc) is 3.01. The van der Waals surface area contributed by atoms with Crippen LogP contribution in [0.4, 0.5) is 5.69 Å². The van der Waals surface area contributed by atoms with Gasteiger partial charge in [0.2, 0.25) is 5.89 Å². The number of fused-ring (bicyclic) bond motifs is 1. The Morgan fingerprint density at radius 2 is 2.40 bits per heavy atom. The number of anilines is 1. The molecule has 3 rings (SSSR count). The second-order valence-corrected chi connectivity index (χ2v) is 5.01. The highest BCUT2D eigenvalue weighted by atomic mass is 32.1. The number of carbonyl (C=O) groups is 1. The number of aryl methyl sites for hydroxylation is 1. The van der Waals surface area contributed by atoms with Crippen LogP contribution >= 0.6 is 11.3 Å². The molecule has 0 aromatic carbocycles. The summed E-state index contributed by atoms with van der Waals surface area (Å²) in [7, 11) is 0. The molecule has 3 N–H and O–H groups in total. The Labute approximate surface area is 117 Å². The van der Waals surface area contributed by atoms with Gasteiger partial charge in [0.15, 0.2) is 5.82 Å². The van der Waals surface area contributed by atoms with Crippen molar-refractivity contribution in [2.75, 3.05) is 5.73 Å². The number of nitrogens with zero attached hydrogens (tertiary/aromatic N) is 4. The van der Waals surface area contributed by atoms with Gasteiger partial charge >= 0.3 is 0 Å². The molecule has 1 amide bonds. The van der Waals surface area contributed by atoms with E-state index in [1.54, 1.807) is 13.0 Å². The van der Waals surface area contributed by atoms with Crippen molar-refractivity contribution in [3.8, 4) is 0 Å². The third-order valence-corrected chi connectivity index (χ3v) is 3.70. The molecule has 0 fully saturated rings. The minimum absolute atomic E-state index is 0.152. The van der Waals surface area contributed by atoms with Gasteiger partial charge in [0.05, 0.1) is 18.4 Å². The van der Waals surface area contributed by atoms with Crippen molar-refractivity contribution in [2.24, 2.45) is 0 Å². The molecule has 9 heteroatoms. The van der Waals surface area contributed by atoms with Crippen molar-refractivity contribution in [1.29, 1.82) is 0 Å². The van der Waals surface area contributed by atoms with E-state index in [1.807, 2.05) is 0 Å². The molecule has 0 aliphatic heterocycles. The van der Waals surface area contributed by atoms with Crippen LogP contribution in [0.5, 0.6) is 0 Å². The summed E-state index contributed by atoms with van der Waals surface area (Å²) < 4.78 is 4.91. The van der Waals surface area contributed by atoms with Crippen LogP contribution in [-0.4, -0.2) is 26.2 Å². The third-order valence-electron chi connectivity index (χ3n) is 2.60. The van der Waals surface area contributed by atoms with Crippen LogP contribution in [0.15, 0.2) is 16.8 Å². The van der Waals surface area contributed by atoms with Crippen LogP contribution in [0.2, 0.25) is 0 Å². The van der Waals surface area contributed by atoms with Crippen LogP contribution in [0.1, 0.15) is 21.4 Å². The fourth-order valence-corrected chi connectivity index (χ4v) is 2.64. The summed E-state index contributed by atoms with van der Waals surface area (Å²) in [5.41, 5.74) is 6.35. The Morgan fingerprint density at radius 3 is 3.10 bits per heavy atom. The summed E-state index contributed by atoms with van der Waals surface area (Å²) in [4.78, 5) is 17.1. The maximum Gasteiger partial charge on any atom is 0.264 e. The van der Waals surface area contributed by atoms with Crippen molar-refractivity contribution in [3.63, 3.8) is 0 Å². The Bertz CT molecular complexity index is 780. The molecule has 20 heavy (non-hydrogen) atoms. The number of thiophene rings is 1. The van der Waals surface area contributed by atoms with Crippen molar-refractivity contribution in [3.05, 3.63) is 28.9 Å². The fraction of sp³-hybridized carbons (Fsp3) is 0.182. The van der Waals surface area contributed by atoms with Gasteiger partial charge in [-0.2, -0.15) is 10.1 Å². The lowest BCUT2D eigenvalue weighted by Crippen LogP contribution is -2.22. The minimum Gasteiger partial charge on any atom is -0.397 e. The number of carbonyl (C=O) groups excluding carboxylic acids is 1. The molecule has 0 aliphatic rings. The molecule has 102 valence electrons. The van der Waals surface area contributed by atoms with Gasteiger partial charge in [-0.3, -0.25) is 4.79 Å². The molecule has 0 spiro atoms. The molecule has 0 atom stereocenters. The topological polar surface area (TPSA) is 120 Å². The second kappa shape index (κ2) is 4.85. The van der Waals surface area contributed by atoms with Crippen LogP contribution in [0.3, 0.4) is 0 Å². The molecule has 0 unspecified atom stereocenters. The smallest absolute Gasteiger partial charge is 0.264 e. The largest absolute Gasteiger partial charge is 0.397 e. The number of amides is 1. The second-order valence-electron chi connectivity index (χ2n) is 4.01. The van der Waals surface area contributed by atoms with Gasteiger partial charge < -0.3 is 15.6 Å². The van der Waals surface area contributed by atoms with Crippen molar-refractivity contribution < 1.29 is 9.32 Å². The molecular weight excluding hydrogens is 280 g/mol. The van der Waals surface area contributed by atoms with E-state index in [9.17, 15) is 4.79 Å². The van der Waals surface area contributed by atoms with E-state index >= 15 is 0 Å². The molecule has 3 aromatic heterocycles. The number of nitrogen functional groups attached to an aromatic ring is 1. The van der Waals surface area contributed by atoms with Crippen molar-refractivity contribution >= 4 is 33.1 Å². The van der Waals surface area contributed by atoms with Crippen molar-refractivity contribution in [1.82, 2.24) is 25.7 Å². The lowest BCUT2D eigenvalue weighted by molar-refractivity contribution is 0.0951. The van der Waals surface area contributed by atoms with E-state index in [0.29, 0.717) is 27.1 Å². The Balaban J connectivity index is 1.80. The van der Waals surface area contributed by atoms with Crippen LogP contribution in [0, 0.1) is 6.92 Å². The molecular formula is C11H10N6O2S. The number of nitrogens with one attached hydrogen (secondary N) is 1. The first-order valence-corrected chi connectivity index (χ1v) is 6.54. The normalized spacial score (nSPS) is 10.8. The monoisotopic (exact) mass is 290 g/mol. The molecule has 0 saturated carbocycles. The lowest BCUT2D eigenvalue weighted by Gasteiger charge is -2.00. The summed E-state index contributed by atoms with van der Waals surface area (Å²) in [6.45, 7) is 1.86. The molecule has 3 heterocycles. The maximum absolute atomic E-state index is 12.1. The zero-order chi connectivity index (χ0) is 14.1. The number of hydrogen-bond acceptors (Lipinski definition) is 8. The summed E-state index contributed by atoms with van der Waals surface area (Å²) in [5.74, 6) is 0.558. The molecule has 0 bridgehead atoms. The highest BCUT2D eigenvalue weighted by Crippen LogP contribution is 2.31. The standard InChI is InChI=1S/C11H10N6O2S/c1-5-15-7(19-17-5)4-13-10(18)9-8(12)6-2-3-14-16-11(6)20-9/h2-3H,4,12H2,1H3,(H,13,18). The van der Waals surface area contributed by atoms with E-state index < -0.39 is 0 Å². The van der Waals surface area contributed by atoms with Crippen LogP contribution in [0.25, 0.3) is 10.2 Å². The van der Waals surface area contributed by atoms with Gasteiger partial charge in [-0.1, -0.05) is 5.16 Å². The zero-order valence-corrected chi connectivity index (χ0v) is 11.3. The van der Waals surface area contributed by atoms with E-state index in [4.69, 9.17) is 10.3 Å². The minimum atomic E-state index is -0.304. The summed E-state index contributed by atoms with van der Waals surface area (Å²) in [6.07, 6.45) is 1.54. The fourth-order valence-electron chi connectivity index (χ4n) is 1.69. The predicted molar refractivity (Wildman–Crippen MR) is 72.0 cm³/mol. The zero-order valence-electron chi connectivity index (χ0n) is 10.5.